The fourth-order valence-electron chi connectivity index (χ4n) is 3.56. The minimum absolute atomic E-state index is 0.0263. The Hall–Kier alpha value is -2.12. The first-order chi connectivity index (χ1) is 12.5. The molecule has 0 spiro atoms. The van der Waals surface area contributed by atoms with Gasteiger partial charge >= 0.3 is 0 Å². The van der Waals surface area contributed by atoms with Gasteiger partial charge in [0.15, 0.2) is 0 Å². The third-order valence-corrected chi connectivity index (χ3v) is 5.37. The Morgan fingerprint density at radius 1 is 1.12 bits per heavy atom. The standard InChI is InChI=1S/C19H28N4O3/c1-14(22-8-6-15(7-9-22)18(20)24)19(25)21-16-2-4-17(5-3-16)23-10-12-26-13-11-23/h2-5,14-15H,6-13H2,1H3,(H2,20,24)(H,21,25)/t14-/m0/s1. The van der Waals surface area contributed by atoms with Gasteiger partial charge in [0.2, 0.25) is 11.8 Å². The molecule has 7 heteroatoms. The highest BCUT2D eigenvalue weighted by Gasteiger charge is 2.28. The number of hydrogen-bond acceptors (Lipinski definition) is 5. The number of carbonyl (C=O) groups is 2. The van der Waals surface area contributed by atoms with Crippen LogP contribution in [0.15, 0.2) is 24.3 Å². The Balaban J connectivity index is 1.51. The molecule has 0 aromatic heterocycles. The van der Waals surface area contributed by atoms with Crippen LogP contribution in [0.3, 0.4) is 0 Å². The van der Waals surface area contributed by atoms with Crippen LogP contribution in [0, 0.1) is 5.92 Å². The summed E-state index contributed by atoms with van der Waals surface area (Å²) in [4.78, 5) is 28.2. The Kier molecular flexibility index (Phi) is 6.11. The molecule has 2 aliphatic heterocycles. The molecule has 7 nitrogen and oxygen atoms in total. The molecule has 1 aromatic carbocycles. The van der Waals surface area contributed by atoms with Gasteiger partial charge < -0.3 is 20.7 Å². The van der Waals surface area contributed by atoms with Crippen LogP contribution in [0.25, 0.3) is 0 Å². The smallest absolute Gasteiger partial charge is 0.241 e. The number of benzene rings is 1. The average Bonchev–Trinajstić information content (AvgIpc) is 2.68. The Labute approximate surface area is 154 Å². The highest BCUT2D eigenvalue weighted by atomic mass is 16.5. The molecule has 1 aromatic rings. The van der Waals surface area contributed by atoms with Gasteiger partial charge in [-0.3, -0.25) is 14.5 Å². The molecule has 0 unspecified atom stereocenters. The number of primary amides is 1. The maximum atomic E-state index is 12.5. The van der Waals surface area contributed by atoms with Crippen LogP contribution in [0.4, 0.5) is 11.4 Å². The number of amides is 2. The van der Waals surface area contributed by atoms with Crippen molar-refractivity contribution in [3.63, 3.8) is 0 Å². The first-order valence-electron chi connectivity index (χ1n) is 9.31. The molecule has 0 saturated carbocycles. The van der Waals surface area contributed by atoms with Crippen LogP contribution in [-0.4, -0.2) is 62.1 Å². The fraction of sp³-hybridized carbons (Fsp3) is 0.579. The fourth-order valence-corrected chi connectivity index (χ4v) is 3.56. The van der Waals surface area contributed by atoms with E-state index >= 15 is 0 Å². The van der Waals surface area contributed by atoms with Gasteiger partial charge in [-0.15, -0.1) is 0 Å². The van der Waals surface area contributed by atoms with Crippen molar-refractivity contribution >= 4 is 23.2 Å². The highest BCUT2D eigenvalue weighted by molar-refractivity contribution is 5.94. The van der Waals surface area contributed by atoms with E-state index in [1.165, 1.54) is 0 Å². The summed E-state index contributed by atoms with van der Waals surface area (Å²) in [5, 5.41) is 2.99. The summed E-state index contributed by atoms with van der Waals surface area (Å²) in [5.74, 6) is -0.321. The number of rotatable bonds is 5. The van der Waals surface area contributed by atoms with Crippen molar-refractivity contribution < 1.29 is 14.3 Å². The van der Waals surface area contributed by atoms with Crippen molar-refractivity contribution in [1.82, 2.24) is 4.90 Å². The number of ether oxygens (including phenoxy) is 1. The van der Waals surface area contributed by atoms with Gasteiger partial charge in [0, 0.05) is 30.4 Å². The Morgan fingerprint density at radius 3 is 2.31 bits per heavy atom. The zero-order valence-electron chi connectivity index (χ0n) is 15.3. The van der Waals surface area contributed by atoms with Gasteiger partial charge in [0.05, 0.1) is 19.3 Å². The van der Waals surface area contributed by atoms with E-state index in [2.05, 4.69) is 15.1 Å². The number of nitrogens with one attached hydrogen (secondary N) is 1. The molecule has 2 fully saturated rings. The number of piperidine rings is 1. The van der Waals surface area contributed by atoms with Crippen LogP contribution in [0.5, 0.6) is 0 Å². The van der Waals surface area contributed by atoms with Crippen molar-refractivity contribution in [3.8, 4) is 0 Å². The maximum absolute atomic E-state index is 12.5. The lowest BCUT2D eigenvalue weighted by Crippen LogP contribution is -2.47. The van der Waals surface area contributed by atoms with Gasteiger partial charge in [0.25, 0.3) is 0 Å². The van der Waals surface area contributed by atoms with Crippen LogP contribution >= 0.6 is 0 Å². The van der Waals surface area contributed by atoms with E-state index in [0.29, 0.717) is 0 Å². The second-order valence-electron chi connectivity index (χ2n) is 7.02. The lowest BCUT2D eigenvalue weighted by molar-refractivity contribution is -0.124. The van der Waals surface area contributed by atoms with Crippen molar-refractivity contribution in [3.05, 3.63) is 24.3 Å². The molecule has 2 heterocycles. The topological polar surface area (TPSA) is 87.9 Å². The largest absolute Gasteiger partial charge is 0.378 e. The first kappa shape index (κ1) is 18.7. The third kappa shape index (κ3) is 4.53. The van der Waals surface area contributed by atoms with E-state index in [0.717, 1.165) is 63.6 Å². The van der Waals surface area contributed by atoms with Crippen LogP contribution in [0.2, 0.25) is 0 Å². The van der Waals surface area contributed by atoms with E-state index < -0.39 is 0 Å². The summed E-state index contributed by atoms with van der Waals surface area (Å²) < 4.78 is 5.37. The normalized spacial score (nSPS) is 20.6. The lowest BCUT2D eigenvalue weighted by Gasteiger charge is -2.34. The molecular formula is C19H28N4O3. The molecule has 0 radical (unpaired) electrons. The van der Waals surface area contributed by atoms with Gasteiger partial charge in [0.1, 0.15) is 0 Å². The van der Waals surface area contributed by atoms with Crippen molar-refractivity contribution in [1.29, 1.82) is 0 Å². The second kappa shape index (κ2) is 8.51. The van der Waals surface area contributed by atoms with Gasteiger partial charge in [-0.1, -0.05) is 0 Å². The molecule has 2 saturated heterocycles. The number of carbonyl (C=O) groups excluding carboxylic acids is 2. The number of morpholine rings is 1. The molecule has 3 rings (SSSR count). The molecule has 26 heavy (non-hydrogen) atoms. The Morgan fingerprint density at radius 2 is 1.73 bits per heavy atom. The van der Waals surface area contributed by atoms with E-state index in [4.69, 9.17) is 10.5 Å². The van der Waals surface area contributed by atoms with Gasteiger partial charge in [-0.25, -0.2) is 0 Å². The summed E-state index contributed by atoms with van der Waals surface area (Å²) in [6.07, 6.45) is 1.45. The molecule has 0 aliphatic carbocycles. The first-order valence-corrected chi connectivity index (χ1v) is 9.31. The number of nitrogens with two attached hydrogens (primary N) is 1. The van der Waals surface area contributed by atoms with E-state index in [1.807, 2.05) is 31.2 Å². The molecule has 2 aliphatic rings. The number of likely N-dealkylation sites (tertiary alicyclic amines) is 1. The van der Waals surface area contributed by atoms with Gasteiger partial charge in [-0.05, 0) is 57.1 Å². The van der Waals surface area contributed by atoms with Gasteiger partial charge in [-0.2, -0.15) is 0 Å². The predicted molar refractivity (Wildman–Crippen MR) is 101 cm³/mol. The predicted octanol–water partition coefficient (Wildman–Crippen LogP) is 1.05. The summed E-state index contributed by atoms with van der Waals surface area (Å²) >= 11 is 0. The van der Waals surface area contributed by atoms with Crippen LogP contribution in [-0.2, 0) is 14.3 Å². The summed E-state index contributed by atoms with van der Waals surface area (Å²) in [6, 6.07) is 7.71. The molecule has 2 amide bonds. The second-order valence-corrected chi connectivity index (χ2v) is 7.02. The molecule has 3 N–H and O–H groups in total. The van der Waals surface area contributed by atoms with Crippen LogP contribution < -0.4 is 16.0 Å². The minimum Gasteiger partial charge on any atom is -0.378 e. The van der Waals surface area contributed by atoms with E-state index in [1.54, 1.807) is 0 Å². The highest BCUT2D eigenvalue weighted by Crippen LogP contribution is 2.21. The van der Waals surface area contributed by atoms with Crippen molar-refractivity contribution in [2.75, 3.05) is 49.6 Å². The summed E-state index contributed by atoms with van der Waals surface area (Å²) in [5.41, 5.74) is 7.31. The molecule has 142 valence electrons. The SMILES string of the molecule is C[C@@H](C(=O)Nc1ccc(N2CCOCC2)cc1)N1CCC(C(N)=O)CC1. The number of nitrogens with zero attached hydrogens (tertiary/aromatic N) is 2. The van der Waals surface area contributed by atoms with Crippen molar-refractivity contribution in [2.45, 2.75) is 25.8 Å². The summed E-state index contributed by atoms with van der Waals surface area (Å²) in [6.45, 7) is 6.64. The van der Waals surface area contributed by atoms with E-state index in [9.17, 15) is 9.59 Å². The lowest BCUT2D eigenvalue weighted by atomic mass is 9.95. The average molecular weight is 360 g/mol. The minimum atomic E-state index is -0.234. The molecule has 1 atom stereocenters. The maximum Gasteiger partial charge on any atom is 0.241 e. The third-order valence-electron chi connectivity index (χ3n) is 5.37. The summed E-state index contributed by atoms with van der Waals surface area (Å²) in [7, 11) is 0. The Bertz CT molecular complexity index is 620. The number of anilines is 2. The zero-order chi connectivity index (χ0) is 18.5. The van der Waals surface area contributed by atoms with Crippen LogP contribution in [0.1, 0.15) is 19.8 Å². The monoisotopic (exact) mass is 360 g/mol. The quantitative estimate of drug-likeness (QED) is 0.819. The van der Waals surface area contributed by atoms with E-state index in [-0.39, 0.29) is 23.8 Å². The number of hydrogen-bond donors (Lipinski definition) is 2. The molecular weight excluding hydrogens is 332 g/mol. The molecule has 0 bridgehead atoms. The van der Waals surface area contributed by atoms with Crippen molar-refractivity contribution in [2.24, 2.45) is 11.7 Å². The zero-order valence-corrected chi connectivity index (χ0v) is 15.3.